The zero-order valence-corrected chi connectivity index (χ0v) is 40.8. The molecule has 0 saturated heterocycles. The Kier molecular flexibility index (Phi) is 17.6. The fourth-order valence-electron chi connectivity index (χ4n) is 7.04. The molecule has 2 aliphatic heterocycles. The van der Waals surface area contributed by atoms with Crippen molar-refractivity contribution in [3.05, 3.63) is 171 Å². The molecule has 0 aliphatic carbocycles. The van der Waals surface area contributed by atoms with Crippen molar-refractivity contribution in [2.75, 3.05) is 54.9 Å². The normalized spacial score (nSPS) is 15.1. The van der Waals surface area contributed by atoms with E-state index in [-0.39, 0.29) is 85.8 Å². The van der Waals surface area contributed by atoms with Crippen LogP contribution in [0.2, 0.25) is 10.0 Å². The molecule has 2 atom stereocenters. The summed E-state index contributed by atoms with van der Waals surface area (Å²) in [5.74, 6) is -5.09. The first-order valence-electron chi connectivity index (χ1n) is 20.5. The van der Waals surface area contributed by atoms with Gasteiger partial charge in [-0.25, -0.2) is 43.2 Å². The summed E-state index contributed by atoms with van der Waals surface area (Å²) in [6, 6.07) is 20.7. The zero-order chi connectivity index (χ0) is 51.9. The molecule has 6 aromatic carbocycles. The second-order valence-electron chi connectivity index (χ2n) is 15.2. The van der Waals surface area contributed by atoms with Crippen molar-refractivity contribution < 1.29 is 71.7 Å². The van der Waals surface area contributed by atoms with Gasteiger partial charge in [-0.2, -0.15) is 0 Å². The van der Waals surface area contributed by atoms with Crippen molar-refractivity contribution in [3.8, 4) is 11.5 Å². The molecule has 2 unspecified atom stereocenters. The largest absolute Gasteiger partial charge is 0.484 e. The molecule has 24 heteroatoms. The second kappa shape index (κ2) is 23.0. The molecule has 0 bridgehead atoms. The smallest absolute Gasteiger partial charge is 0.264 e. The Labute approximate surface area is 418 Å². The van der Waals surface area contributed by atoms with Crippen molar-refractivity contribution in [2.45, 2.75) is 28.4 Å². The Morgan fingerprint density at radius 1 is 0.620 bits per heavy atom. The molecule has 8 rings (SSSR count). The van der Waals surface area contributed by atoms with Gasteiger partial charge in [0, 0.05) is 32.8 Å². The fraction of sp³-hybridized carbons (Fsp3) is 0.191. The van der Waals surface area contributed by atoms with Crippen LogP contribution in [0.25, 0.3) is 0 Å². The minimum atomic E-state index is -4.22. The van der Waals surface area contributed by atoms with E-state index in [0.29, 0.717) is 0 Å². The van der Waals surface area contributed by atoms with E-state index in [1.807, 2.05) is 0 Å². The zero-order valence-electron chi connectivity index (χ0n) is 36.9. The van der Waals surface area contributed by atoms with Crippen molar-refractivity contribution in [2.24, 2.45) is 0 Å². The number of fused-ring (bicyclic) bond motifs is 2. The minimum Gasteiger partial charge on any atom is -0.484 e. The number of benzene rings is 6. The predicted molar refractivity (Wildman–Crippen MR) is 253 cm³/mol. The minimum absolute atomic E-state index is 0.0164. The summed E-state index contributed by atoms with van der Waals surface area (Å²) in [7, 11) is -5.40. The number of rotatable bonds is 12. The Morgan fingerprint density at radius 2 is 1.04 bits per heavy atom. The average Bonchev–Trinajstić information content (AvgIpc) is 3.30. The number of nitrogen functional groups attached to an aromatic ring is 1. The van der Waals surface area contributed by atoms with Crippen molar-refractivity contribution >= 4 is 82.9 Å². The van der Waals surface area contributed by atoms with Crippen LogP contribution in [0.3, 0.4) is 0 Å². The number of carbonyl (C=O) groups is 2. The number of halogens is 9. The third kappa shape index (κ3) is 12.5. The predicted octanol–water partition coefficient (Wildman–Crippen LogP) is 9.79. The summed E-state index contributed by atoms with van der Waals surface area (Å²) in [5.41, 5.74) is 4.63. The van der Waals surface area contributed by atoms with E-state index in [0.717, 1.165) is 81.4 Å². The lowest BCUT2D eigenvalue weighted by atomic mass is 10.0. The molecule has 2 N–H and O–H groups in total. The Morgan fingerprint density at radius 3 is 1.45 bits per heavy atom. The van der Waals surface area contributed by atoms with Gasteiger partial charge in [-0.15, -0.1) is 0 Å². The highest BCUT2D eigenvalue weighted by Gasteiger charge is 2.37. The van der Waals surface area contributed by atoms with Gasteiger partial charge in [0.1, 0.15) is 58.6 Å². The number of nitrogens with zero attached hydrogens (tertiary/aromatic N) is 2. The van der Waals surface area contributed by atoms with Crippen molar-refractivity contribution in [1.82, 2.24) is 0 Å². The molecule has 376 valence electrons. The lowest BCUT2D eigenvalue weighted by molar-refractivity contribution is 0.0817. The molecule has 2 heterocycles. The monoisotopic (exact) mass is 1090 g/mol. The van der Waals surface area contributed by atoms with Crippen LogP contribution in [0.1, 0.15) is 26.3 Å². The van der Waals surface area contributed by atoms with Crippen molar-refractivity contribution in [3.63, 3.8) is 0 Å². The van der Waals surface area contributed by atoms with E-state index in [2.05, 4.69) is 0 Å². The number of hydrogen-bond acceptors (Lipinski definition) is 11. The topological polar surface area (TPSA) is 172 Å². The number of sulfonamides is 2. The van der Waals surface area contributed by atoms with Crippen LogP contribution in [0.5, 0.6) is 11.5 Å². The van der Waals surface area contributed by atoms with Crippen molar-refractivity contribution in [1.29, 1.82) is 0 Å². The first kappa shape index (κ1) is 54.3. The SMILES string of the molecule is COCC1CN(S(=O)(=O)c2ccc(F)cc2)c2cc(CC(=O)c3c(F)cccc3Cl)c(F)cc2O1.COCC1CN(S(=O)(=O)c2ccc(F)cc2)c2cc(N)c(F)cc2O1.O=C(Cl)c1c(F)cccc1Cl. The van der Waals surface area contributed by atoms with E-state index in [1.54, 1.807) is 0 Å². The van der Waals surface area contributed by atoms with Gasteiger partial charge in [0.05, 0.1) is 74.3 Å². The van der Waals surface area contributed by atoms with Gasteiger partial charge in [0.2, 0.25) is 0 Å². The maximum Gasteiger partial charge on any atom is 0.264 e. The summed E-state index contributed by atoms with van der Waals surface area (Å²) in [5, 5.41) is -0.974. The molecule has 0 spiro atoms. The van der Waals surface area contributed by atoms with Gasteiger partial charge in [0.25, 0.3) is 25.3 Å². The second-order valence-corrected chi connectivity index (χ2v) is 20.1. The maximum atomic E-state index is 15.0. The van der Waals surface area contributed by atoms with E-state index in [9.17, 15) is 52.8 Å². The van der Waals surface area contributed by atoms with Gasteiger partial charge in [-0.3, -0.25) is 18.2 Å². The van der Waals surface area contributed by atoms with Crippen LogP contribution in [0.4, 0.5) is 43.4 Å². The van der Waals surface area contributed by atoms with Crippen LogP contribution in [-0.2, 0) is 35.9 Å². The third-order valence-corrected chi connectivity index (χ3v) is 14.7. The fourth-order valence-corrected chi connectivity index (χ4v) is 10.8. The molecule has 6 aromatic rings. The Hall–Kier alpha value is -6.07. The summed E-state index contributed by atoms with van der Waals surface area (Å²) in [4.78, 5) is 23.0. The highest BCUT2D eigenvalue weighted by atomic mass is 35.5. The van der Waals surface area contributed by atoms with Gasteiger partial charge in [0.15, 0.2) is 5.78 Å². The first-order chi connectivity index (χ1) is 33.6. The highest BCUT2D eigenvalue weighted by molar-refractivity contribution is 7.93. The number of nitrogens with two attached hydrogens (primary N) is 1. The van der Waals surface area contributed by atoms with E-state index in [1.165, 1.54) is 50.6 Å². The molecule has 2 aliphatic rings. The molecule has 71 heavy (non-hydrogen) atoms. The van der Waals surface area contributed by atoms with Crippen LogP contribution < -0.4 is 23.8 Å². The summed E-state index contributed by atoms with van der Waals surface area (Å²) in [6.45, 7) is -0.103. The van der Waals surface area contributed by atoms with E-state index in [4.69, 9.17) is 59.5 Å². The number of anilines is 3. The average molecular weight is 1090 g/mol. The number of methoxy groups -OCH3 is 2. The quantitative estimate of drug-likeness (QED) is 0.0535. The Balaban J connectivity index is 0.000000198. The lowest BCUT2D eigenvalue weighted by Crippen LogP contribution is -2.45. The molecule has 0 saturated carbocycles. The summed E-state index contributed by atoms with van der Waals surface area (Å²) < 4.78 is 158. The van der Waals surface area contributed by atoms with Crippen LogP contribution in [-0.4, -0.2) is 80.6 Å². The molecule has 0 amide bonds. The van der Waals surface area contributed by atoms with Gasteiger partial charge in [-0.1, -0.05) is 35.3 Å². The number of ketones is 1. The van der Waals surface area contributed by atoms with E-state index >= 15 is 0 Å². The van der Waals surface area contributed by atoms with Gasteiger partial charge in [-0.05, 0) is 102 Å². The maximum absolute atomic E-state index is 15.0. The van der Waals surface area contributed by atoms with Crippen LogP contribution >= 0.6 is 34.8 Å². The molecule has 0 radical (unpaired) electrons. The molecule has 13 nitrogen and oxygen atoms in total. The number of ether oxygens (including phenoxy) is 4. The van der Waals surface area contributed by atoms with Crippen LogP contribution in [0.15, 0.2) is 119 Å². The van der Waals surface area contributed by atoms with E-state index < -0.39 is 90.2 Å². The third-order valence-electron chi connectivity index (χ3n) is 10.3. The number of carbonyl (C=O) groups excluding carboxylic acids is 2. The van der Waals surface area contributed by atoms with Gasteiger partial charge < -0.3 is 24.7 Å². The molecule has 0 aromatic heterocycles. The summed E-state index contributed by atoms with van der Waals surface area (Å²) >= 11 is 16.5. The molecule has 0 fully saturated rings. The summed E-state index contributed by atoms with van der Waals surface area (Å²) in [6.07, 6.45) is -1.96. The lowest BCUT2D eigenvalue weighted by Gasteiger charge is -2.35. The number of Topliss-reactive ketones (excluding diaryl/α,β-unsaturated/α-hetero) is 1. The molecular weight excluding hydrogens is 1050 g/mol. The standard InChI is InChI=1S/C24H19ClF3NO5S.C16H16F2N2O4S.C7H3Cl2FO/c1-33-13-16-12-29(35(31,32)17-7-5-15(26)6-8-17)21-9-14(20(28)11-23(21)34-16)10-22(30)24-18(25)3-2-4-19(24)27;1-23-9-11-8-20(15-7-14(19)13(18)6-16(15)24-11)25(21,22)12-4-2-10(17)3-5-12;8-4-2-1-3-5(10)6(4)7(9)11/h2-9,11,16H,10,12-13H2,1H3;2-7,11H,8-9,19H2,1H3;1-3H. The van der Waals surface area contributed by atoms with Gasteiger partial charge >= 0.3 is 0 Å². The highest BCUT2D eigenvalue weighted by Crippen LogP contribution is 2.41. The Bertz CT molecular complexity index is 3140. The first-order valence-corrected chi connectivity index (χ1v) is 24.5. The van der Waals surface area contributed by atoms with Crippen LogP contribution in [0, 0.1) is 34.9 Å². The number of hydrogen-bond donors (Lipinski definition) is 1. The molecular formula is C47H38Cl3F6N3O10S2.